The van der Waals surface area contributed by atoms with Crippen molar-refractivity contribution in [3.05, 3.63) is 29.0 Å². The Balaban J connectivity index is 2.21. The maximum Gasteiger partial charge on any atom is 0.272 e. The van der Waals surface area contributed by atoms with Crippen LogP contribution in [0, 0.1) is 5.92 Å². The molecule has 2 rings (SSSR count). The van der Waals surface area contributed by atoms with Crippen LogP contribution < -0.4 is 5.73 Å². The molecule has 98 valence electrons. The first-order chi connectivity index (χ1) is 8.63. The van der Waals surface area contributed by atoms with Gasteiger partial charge in [-0.1, -0.05) is 24.6 Å². The van der Waals surface area contributed by atoms with Gasteiger partial charge in [0, 0.05) is 19.1 Å². The number of nitrogens with zero attached hydrogens (tertiary/aromatic N) is 2. The molecule has 0 bridgehead atoms. The lowest BCUT2D eigenvalue weighted by atomic mass is 9.90. The summed E-state index contributed by atoms with van der Waals surface area (Å²) >= 11 is 5.82. The van der Waals surface area contributed by atoms with Gasteiger partial charge in [0.1, 0.15) is 10.8 Å². The molecule has 1 aliphatic heterocycles. The van der Waals surface area contributed by atoms with Crippen LogP contribution in [-0.4, -0.2) is 34.9 Å². The molecule has 1 aromatic rings. The summed E-state index contributed by atoms with van der Waals surface area (Å²) in [4.78, 5) is 18.3. The number of pyridine rings is 1. The number of hydrogen-bond donors (Lipinski definition) is 1. The highest BCUT2D eigenvalue weighted by Crippen LogP contribution is 2.24. The van der Waals surface area contributed by atoms with Crippen LogP contribution in [0.5, 0.6) is 0 Å². The summed E-state index contributed by atoms with van der Waals surface area (Å²) in [6.07, 6.45) is 2.14. The van der Waals surface area contributed by atoms with Crippen molar-refractivity contribution in [3.63, 3.8) is 0 Å². The van der Waals surface area contributed by atoms with Gasteiger partial charge in [-0.05, 0) is 30.9 Å². The zero-order valence-electron chi connectivity index (χ0n) is 10.5. The van der Waals surface area contributed by atoms with Crippen molar-refractivity contribution < 1.29 is 4.79 Å². The number of carbonyl (C=O) groups excluding carboxylic acids is 1. The lowest BCUT2D eigenvalue weighted by Crippen LogP contribution is -2.51. The molecule has 2 atom stereocenters. The predicted molar refractivity (Wildman–Crippen MR) is 71.5 cm³/mol. The van der Waals surface area contributed by atoms with E-state index in [4.69, 9.17) is 17.3 Å². The molecule has 1 aliphatic rings. The summed E-state index contributed by atoms with van der Waals surface area (Å²) in [5.41, 5.74) is 6.19. The van der Waals surface area contributed by atoms with E-state index in [0.29, 0.717) is 23.3 Å². The molecule has 4 nitrogen and oxygen atoms in total. The lowest BCUT2D eigenvalue weighted by Gasteiger charge is -2.39. The predicted octanol–water partition coefficient (Wildman–Crippen LogP) is 1.93. The van der Waals surface area contributed by atoms with Gasteiger partial charge in [0.15, 0.2) is 0 Å². The average molecular weight is 268 g/mol. The lowest BCUT2D eigenvalue weighted by molar-refractivity contribution is 0.0526. The van der Waals surface area contributed by atoms with Crippen LogP contribution in [0.1, 0.15) is 30.3 Å². The molecule has 0 radical (unpaired) electrons. The van der Waals surface area contributed by atoms with Crippen molar-refractivity contribution >= 4 is 17.5 Å². The van der Waals surface area contributed by atoms with Gasteiger partial charge in [-0.15, -0.1) is 0 Å². The van der Waals surface area contributed by atoms with Gasteiger partial charge in [-0.3, -0.25) is 4.79 Å². The monoisotopic (exact) mass is 267 g/mol. The van der Waals surface area contributed by atoms with E-state index in [1.807, 2.05) is 4.90 Å². The minimum atomic E-state index is -0.0699. The normalized spacial score (nSPS) is 24.1. The summed E-state index contributed by atoms with van der Waals surface area (Å²) in [7, 11) is 0. The molecule has 0 saturated carbocycles. The van der Waals surface area contributed by atoms with Crippen LogP contribution in [0.25, 0.3) is 0 Å². The van der Waals surface area contributed by atoms with Crippen molar-refractivity contribution in [1.82, 2.24) is 9.88 Å². The first-order valence-electron chi connectivity index (χ1n) is 6.27. The number of hydrogen-bond acceptors (Lipinski definition) is 3. The molecule has 1 amide bonds. The van der Waals surface area contributed by atoms with Crippen LogP contribution in [-0.2, 0) is 0 Å². The summed E-state index contributed by atoms with van der Waals surface area (Å²) in [5.74, 6) is 0.367. The molecule has 0 spiro atoms. The number of carbonyl (C=O) groups is 1. The maximum absolute atomic E-state index is 12.4. The Morgan fingerprint density at radius 2 is 2.39 bits per heavy atom. The molecule has 5 heteroatoms. The highest BCUT2D eigenvalue weighted by molar-refractivity contribution is 6.29. The maximum atomic E-state index is 12.4. The van der Waals surface area contributed by atoms with Crippen molar-refractivity contribution in [2.45, 2.75) is 25.8 Å². The molecule has 0 unspecified atom stereocenters. The second kappa shape index (κ2) is 5.67. The van der Waals surface area contributed by atoms with Gasteiger partial charge in [0.25, 0.3) is 5.91 Å². The third kappa shape index (κ3) is 2.65. The number of piperidine rings is 1. The van der Waals surface area contributed by atoms with Gasteiger partial charge in [-0.25, -0.2) is 4.98 Å². The zero-order chi connectivity index (χ0) is 13.1. The Morgan fingerprint density at radius 3 is 3.06 bits per heavy atom. The smallest absolute Gasteiger partial charge is 0.272 e. The molecule has 1 fully saturated rings. The Bertz CT molecular complexity index is 438. The number of rotatable bonds is 2. The third-order valence-electron chi connectivity index (χ3n) is 3.55. The van der Waals surface area contributed by atoms with Crippen LogP contribution >= 0.6 is 11.6 Å². The number of aromatic nitrogens is 1. The van der Waals surface area contributed by atoms with Crippen molar-refractivity contribution in [2.75, 3.05) is 13.1 Å². The highest BCUT2D eigenvalue weighted by Gasteiger charge is 2.31. The largest absolute Gasteiger partial charge is 0.333 e. The SMILES string of the molecule is C[C@H]1CCCN(C(=O)c2cccc(Cl)n2)[C@@H]1CN. The van der Waals surface area contributed by atoms with Crippen LogP contribution in [0.3, 0.4) is 0 Å². The van der Waals surface area contributed by atoms with Crippen molar-refractivity contribution in [3.8, 4) is 0 Å². The summed E-state index contributed by atoms with van der Waals surface area (Å²) < 4.78 is 0. The van der Waals surface area contributed by atoms with E-state index in [1.54, 1.807) is 18.2 Å². The minimum absolute atomic E-state index is 0.0699. The summed E-state index contributed by atoms with van der Waals surface area (Å²) in [6.45, 7) is 3.38. The van der Waals surface area contributed by atoms with E-state index >= 15 is 0 Å². The molecular formula is C13H18ClN3O. The second-order valence-electron chi connectivity index (χ2n) is 4.77. The van der Waals surface area contributed by atoms with E-state index in [2.05, 4.69) is 11.9 Å². The first-order valence-corrected chi connectivity index (χ1v) is 6.65. The zero-order valence-corrected chi connectivity index (χ0v) is 11.2. The Morgan fingerprint density at radius 1 is 1.61 bits per heavy atom. The van der Waals surface area contributed by atoms with Crippen LogP contribution in [0.4, 0.5) is 0 Å². The van der Waals surface area contributed by atoms with Gasteiger partial charge in [0.05, 0.1) is 0 Å². The second-order valence-corrected chi connectivity index (χ2v) is 5.15. The Labute approximate surface area is 112 Å². The van der Waals surface area contributed by atoms with Crippen LogP contribution in [0.2, 0.25) is 5.15 Å². The van der Waals surface area contributed by atoms with Crippen molar-refractivity contribution in [2.24, 2.45) is 11.7 Å². The fraction of sp³-hybridized carbons (Fsp3) is 0.538. The standard InChI is InChI=1S/C13H18ClN3O/c1-9-4-3-7-17(11(9)8-15)13(18)10-5-2-6-12(14)16-10/h2,5-6,9,11H,3-4,7-8,15H2,1H3/t9-,11+/m0/s1. The van der Waals surface area contributed by atoms with Gasteiger partial charge in [-0.2, -0.15) is 0 Å². The quantitative estimate of drug-likeness (QED) is 0.833. The molecule has 2 heterocycles. The average Bonchev–Trinajstić information content (AvgIpc) is 2.37. The fourth-order valence-electron chi connectivity index (χ4n) is 2.54. The molecule has 0 aromatic carbocycles. The minimum Gasteiger partial charge on any atom is -0.333 e. The Kier molecular flexibility index (Phi) is 4.19. The summed E-state index contributed by atoms with van der Waals surface area (Å²) in [6, 6.07) is 5.21. The molecular weight excluding hydrogens is 250 g/mol. The fourth-order valence-corrected chi connectivity index (χ4v) is 2.70. The van der Waals surface area contributed by atoms with Crippen LogP contribution in [0.15, 0.2) is 18.2 Å². The van der Waals surface area contributed by atoms with Crippen molar-refractivity contribution in [1.29, 1.82) is 0 Å². The summed E-state index contributed by atoms with van der Waals surface area (Å²) in [5, 5.41) is 0.343. The van der Waals surface area contributed by atoms with E-state index in [9.17, 15) is 4.79 Å². The number of nitrogens with two attached hydrogens (primary N) is 1. The van der Waals surface area contributed by atoms with E-state index < -0.39 is 0 Å². The van der Waals surface area contributed by atoms with Gasteiger partial charge < -0.3 is 10.6 Å². The van der Waals surface area contributed by atoms with E-state index in [-0.39, 0.29) is 11.9 Å². The Hall–Kier alpha value is -1.13. The van der Waals surface area contributed by atoms with E-state index in [1.165, 1.54) is 0 Å². The molecule has 0 aliphatic carbocycles. The van der Waals surface area contributed by atoms with E-state index in [0.717, 1.165) is 19.4 Å². The first kappa shape index (κ1) is 13.3. The number of halogens is 1. The van der Waals surface area contributed by atoms with Gasteiger partial charge >= 0.3 is 0 Å². The number of amides is 1. The van der Waals surface area contributed by atoms with Gasteiger partial charge in [0.2, 0.25) is 0 Å². The molecule has 1 aromatic heterocycles. The molecule has 2 N–H and O–H groups in total. The molecule has 1 saturated heterocycles. The molecule has 18 heavy (non-hydrogen) atoms. The highest BCUT2D eigenvalue weighted by atomic mass is 35.5. The third-order valence-corrected chi connectivity index (χ3v) is 3.76. The number of likely N-dealkylation sites (tertiary alicyclic amines) is 1. The topological polar surface area (TPSA) is 59.2 Å².